The van der Waals surface area contributed by atoms with Gasteiger partial charge in [0, 0.05) is 16.3 Å². The quantitative estimate of drug-likeness (QED) is 0.546. The van der Waals surface area contributed by atoms with Gasteiger partial charge in [-0.1, -0.05) is 18.2 Å². The van der Waals surface area contributed by atoms with E-state index in [2.05, 4.69) is 15.4 Å². The highest BCUT2D eigenvalue weighted by atomic mass is 32.1. The Hall–Kier alpha value is -2.77. The molecule has 26 heavy (non-hydrogen) atoms. The van der Waals surface area contributed by atoms with Crippen LogP contribution in [-0.4, -0.2) is 20.7 Å². The molecule has 0 radical (unpaired) electrons. The van der Waals surface area contributed by atoms with Crippen molar-refractivity contribution in [3.63, 3.8) is 0 Å². The van der Waals surface area contributed by atoms with E-state index in [1.807, 2.05) is 65.7 Å². The summed E-state index contributed by atoms with van der Waals surface area (Å²) in [5.41, 5.74) is 4.81. The minimum atomic E-state index is -0.221. The Morgan fingerprint density at radius 1 is 1.12 bits per heavy atom. The molecule has 130 valence electrons. The number of amides is 1. The molecule has 0 atom stereocenters. The number of anilines is 1. The van der Waals surface area contributed by atoms with E-state index in [1.165, 1.54) is 11.3 Å². The van der Waals surface area contributed by atoms with Crippen molar-refractivity contribution < 1.29 is 4.79 Å². The molecule has 5 nitrogen and oxygen atoms in total. The fraction of sp³-hybridized carbons (Fsp3) is 0.105. The van der Waals surface area contributed by atoms with E-state index in [0.29, 0.717) is 5.69 Å². The number of carbonyl (C=O) groups excluding carboxylic acids is 1. The zero-order valence-electron chi connectivity index (χ0n) is 14.3. The summed E-state index contributed by atoms with van der Waals surface area (Å²) in [7, 11) is 0. The van der Waals surface area contributed by atoms with Crippen molar-refractivity contribution >= 4 is 34.3 Å². The third-order valence-electron chi connectivity index (χ3n) is 4.04. The van der Waals surface area contributed by atoms with Gasteiger partial charge in [0.2, 0.25) is 0 Å². The van der Waals surface area contributed by atoms with E-state index in [4.69, 9.17) is 0 Å². The van der Waals surface area contributed by atoms with Crippen LogP contribution in [0.5, 0.6) is 0 Å². The lowest BCUT2D eigenvalue weighted by Gasteiger charge is -2.06. The molecule has 1 aromatic carbocycles. The molecule has 3 heterocycles. The van der Waals surface area contributed by atoms with Gasteiger partial charge in [-0.25, -0.2) is 9.67 Å². The van der Waals surface area contributed by atoms with E-state index >= 15 is 0 Å². The van der Waals surface area contributed by atoms with Gasteiger partial charge in [-0.15, -0.1) is 11.3 Å². The largest absolute Gasteiger partial charge is 0.317 e. The summed E-state index contributed by atoms with van der Waals surface area (Å²) in [5.74, 6) is -0.221. The maximum absolute atomic E-state index is 12.6. The van der Waals surface area contributed by atoms with E-state index in [-0.39, 0.29) is 5.91 Å². The van der Waals surface area contributed by atoms with Gasteiger partial charge >= 0.3 is 0 Å². The highest BCUT2D eigenvalue weighted by Gasteiger charge is 2.18. The SMILES string of the molecule is Cc1nn(-c2ccccc2)c(C)c1NC(=O)c1csc(-c2ccsc2)n1. The summed E-state index contributed by atoms with van der Waals surface area (Å²) >= 11 is 3.08. The first kappa shape index (κ1) is 16.7. The summed E-state index contributed by atoms with van der Waals surface area (Å²) in [6.07, 6.45) is 0. The monoisotopic (exact) mass is 380 g/mol. The molecule has 0 aliphatic rings. The Labute approximate surface area is 159 Å². The number of carbonyl (C=O) groups is 1. The van der Waals surface area contributed by atoms with Gasteiger partial charge in [-0.05, 0) is 37.4 Å². The molecule has 0 saturated heterocycles. The molecule has 0 spiro atoms. The van der Waals surface area contributed by atoms with Crippen LogP contribution in [0.3, 0.4) is 0 Å². The molecule has 0 saturated carbocycles. The topological polar surface area (TPSA) is 59.8 Å². The van der Waals surface area contributed by atoms with Crippen molar-refractivity contribution in [1.29, 1.82) is 0 Å². The van der Waals surface area contributed by atoms with Gasteiger partial charge in [-0.2, -0.15) is 16.4 Å². The standard InChI is InChI=1S/C19H16N4OS2/c1-12-17(13(2)23(22-12)15-6-4-3-5-7-15)21-18(24)16-11-26-19(20-16)14-8-9-25-10-14/h3-11H,1-2H3,(H,21,24). The predicted octanol–water partition coefficient (Wildman–Crippen LogP) is 4.93. The molecule has 0 aliphatic carbocycles. The molecule has 7 heteroatoms. The van der Waals surface area contributed by atoms with Crippen LogP contribution in [0.1, 0.15) is 21.9 Å². The summed E-state index contributed by atoms with van der Waals surface area (Å²) < 4.78 is 1.84. The number of benzene rings is 1. The Morgan fingerprint density at radius 2 is 1.92 bits per heavy atom. The average Bonchev–Trinajstić information content (AvgIpc) is 3.39. The van der Waals surface area contributed by atoms with Crippen LogP contribution in [0, 0.1) is 13.8 Å². The van der Waals surface area contributed by atoms with Crippen molar-refractivity contribution in [2.45, 2.75) is 13.8 Å². The Balaban J connectivity index is 1.60. The first-order chi connectivity index (χ1) is 12.6. The van der Waals surface area contributed by atoms with Gasteiger partial charge < -0.3 is 5.32 Å². The second kappa shape index (κ2) is 6.86. The van der Waals surface area contributed by atoms with E-state index in [0.717, 1.165) is 33.3 Å². The number of thiophene rings is 1. The van der Waals surface area contributed by atoms with Gasteiger partial charge in [0.1, 0.15) is 10.7 Å². The fourth-order valence-electron chi connectivity index (χ4n) is 2.72. The number of nitrogens with zero attached hydrogens (tertiary/aromatic N) is 3. The molecule has 0 aliphatic heterocycles. The lowest BCUT2D eigenvalue weighted by atomic mass is 10.3. The number of nitrogens with one attached hydrogen (secondary N) is 1. The lowest BCUT2D eigenvalue weighted by Crippen LogP contribution is -2.13. The predicted molar refractivity (Wildman–Crippen MR) is 106 cm³/mol. The molecule has 1 amide bonds. The van der Waals surface area contributed by atoms with Gasteiger partial charge in [0.25, 0.3) is 5.91 Å². The third-order valence-corrected chi connectivity index (χ3v) is 5.61. The number of rotatable bonds is 4. The summed E-state index contributed by atoms with van der Waals surface area (Å²) in [6, 6.07) is 11.9. The summed E-state index contributed by atoms with van der Waals surface area (Å²) in [5, 5.41) is 14.2. The smallest absolute Gasteiger partial charge is 0.275 e. The van der Waals surface area contributed by atoms with Gasteiger partial charge in [-0.3, -0.25) is 4.79 Å². The average molecular weight is 380 g/mol. The van der Waals surface area contributed by atoms with Crippen molar-refractivity contribution in [3.05, 3.63) is 69.6 Å². The zero-order valence-corrected chi connectivity index (χ0v) is 15.9. The first-order valence-electron chi connectivity index (χ1n) is 8.04. The second-order valence-electron chi connectivity index (χ2n) is 5.80. The highest BCUT2D eigenvalue weighted by molar-refractivity contribution is 7.14. The normalized spacial score (nSPS) is 10.8. The Morgan fingerprint density at radius 3 is 2.65 bits per heavy atom. The van der Waals surface area contributed by atoms with Crippen molar-refractivity contribution in [2.75, 3.05) is 5.32 Å². The van der Waals surface area contributed by atoms with Crippen LogP contribution in [0.25, 0.3) is 16.3 Å². The first-order valence-corrected chi connectivity index (χ1v) is 9.87. The molecule has 0 fully saturated rings. The van der Waals surface area contributed by atoms with Crippen molar-refractivity contribution in [1.82, 2.24) is 14.8 Å². The number of hydrogen-bond acceptors (Lipinski definition) is 5. The molecule has 0 bridgehead atoms. The van der Waals surface area contributed by atoms with Crippen LogP contribution in [0.2, 0.25) is 0 Å². The second-order valence-corrected chi connectivity index (χ2v) is 7.44. The van der Waals surface area contributed by atoms with Gasteiger partial charge in [0.05, 0.1) is 22.8 Å². The Bertz CT molecular complexity index is 1050. The van der Waals surface area contributed by atoms with Crippen LogP contribution >= 0.6 is 22.7 Å². The molecule has 1 N–H and O–H groups in total. The van der Waals surface area contributed by atoms with E-state index < -0.39 is 0 Å². The maximum atomic E-state index is 12.6. The molecule has 4 aromatic rings. The van der Waals surface area contributed by atoms with Crippen LogP contribution in [-0.2, 0) is 0 Å². The number of thiazole rings is 1. The third kappa shape index (κ3) is 3.07. The van der Waals surface area contributed by atoms with Crippen molar-refractivity contribution in [2.24, 2.45) is 0 Å². The number of hydrogen-bond donors (Lipinski definition) is 1. The van der Waals surface area contributed by atoms with Crippen LogP contribution in [0.4, 0.5) is 5.69 Å². The molecule has 4 rings (SSSR count). The van der Waals surface area contributed by atoms with E-state index in [9.17, 15) is 4.79 Å². The number of para-hydroxylation sites is 1. The van der Waals surface area contributed by atoms with Crippen LogP contribution in [0.15, 0.2) is 52.5 Å². The number of aromatic nitrogens is 3. The summed E-state index contributed by atoms with van der Waals surface area (Å²) in [4.78, 5) is 17.1. The minimum absolute atomic E-state index is 0.221. The van der Waals surface area contributed by atoms with Crippen molar-refractivity contribution in [3.8, 4) is 16.3 Å². The van der Waals surface area contributed by atoms with Gasteiger partial charge in [0.15, 0.2) is 0 Å². The molecular formula is C19H16N4OS2. The fourth-order valence-corrected chi connectivity index (χ4v) is 4.23. The molecule has 3 aromatic heterocycles. The summed E-state index contributed by atoms with van der Waals surface area (Å²) in [6.45, 7) is 3.83. The van der Waals surface area contributed by atoms with Crippen LogP contribution < -0.4 is 5.32 Å². The lowest BCUT2D eigenvalue weighted by molar-refractivity contribution is 0.102. The molecular weight excluding hydrogens is 364 g/mol. The molecule has 0 unspecified atom stereocenters. The number of aryl methyl sites for hydroxylation is 1. The van der Waals surface area contributed by atoms with E-state index in [1.54, 1.807) is 16.7 Å². The minimum Gasteiger partial charge on any atom is -0.317 e. The zero-order chi connectivity index (χ0) is 18.1. The maximum Gasteiger partial charge on any atom is 0.275 e. The Kier molecular flexibility index (Phi) is 4.40. The highest BCUT2D eigenvalue weighted by Crippen LogP contribution is 2.27.